The summed E-state index contributed by atoms with van der Waals surface area (Å²) in [4.78, 5) is 27.0. The molecule has 0 unspecified atom stereocenters. The predicted octanol–water partition coefficient (Wildman–Crippen LogP) is 2.90. The smallest absolute Gasteiger partial charge is 0.421 e. The molecule has 0 atom stereocenters. The maximum atomic E-state index is 13.2. The maximum absolute atomic E-state index is 13.2. The monoisotopic (exact) mass is 316 g/mol. The van der Waals surface area contributed by atoms with Crippen molar-refractivity contribution in [1.29, 1.82) is 0 Å². The number of rotatable bonds is 0. The normalized spacial score (nSPS) is 19.8. The quantitative estimate of drug-likeness (QED) is 0.799. The van der Waals surface area contributed by atoms with Crippen LogP contribution < -0.4 is 10.2 Å². The van der Waals surface area contributed by atoms with Crippen LogP contribution in [0.3, 0.4) is 0 Å². The molecule has 1 aromatic rings. The Hall–Kier alpha value is -1.88. The first-order chi connectivity index (χ1) is 10.7. The van der Waals surface area contributed by atoms with Crippen molar-refractivity contribution in [2.24, 2.45) is 0 Å². The summed E-state index contributed by atoms with van der Waals surface area (Å²) in [5, 5.41) is 3.30. The number of piperidine rings is 1. The second-order valence-electron chi connectivity index (χ2n) is 7.47. The minimum Gasteiger partial charge on any atom is -0.443 e. The van der Waals surface area contributed by atoms with Gasteiger partial charge in [-0.15, -0.1) is 0 Å². The highest BCUT2D eigenvalue weighted by Gasteiger charge is 2.53. The maximum Gasteiger partial charge on any atom is 0.421 e. The number of benzene rings is 1. The van der Waals surface area contributed by atoms with E-state index in [0.717, 1.165) is 24.2 Å². The number of nitrogens with one attached hydrogen (secondary N) is 1. The number of amides is 2. The third-order valence-electron chi connectivity index (χ3n) is 4.55. The lowest BCUT2D eigenvalue weighted by atomic mass is 9.74. The second-order valence-corrected chi connectivity index (χ2v) is 7.47. The van der Waals surface area contributed by atoms with E-state index in [9.17, 15) is 9.59 Å². The zero-order valence-corrected chi connectivity index (χ0v) is 14.2. The third-order valence-corrected chi connectivity index (χ3v) is 4.55. The third kappa shape index (κ3) is 2.63. The highest BCUT2D eigenvalue weighted by molar-refractivity contribution is 6.21. The van der Waals surface area contributed by atoms with Crippen LogP contribution in [0.4, 0.5) is 10.5 Å². The van der Waals surface area contributed by atoms with Crippen molar-refractivity contribution in [2.45, 2.75) is 51.6 Å². The highest BCUT2D eigenvalue weighted by atomic mass is 16.6. The first kappa shape index (κ1) is 16.0. The molecule has 0 aliphatic carbocycles. The Morgan fingerprint density at radius 1 is 1.26 bits per heavy atom. The van der Waals surface area contributed by atoms with Crippen LogP contribution in [0.5, 0.6) is 0 Å². The summed E-state index contributed by atoms with van der Waals surface area (Å²) < 4.78 is 5.46. The standard InChI is InChI=1S/C18H24N2O3/c1-12-5-6-14-13(11-12)18(7-9-19-10-8-18)15(21)20(14)16(22)23-17(2,3)4/h5-6,11,19H,7-10H2,1-4H3. The van der Waals surface area contributed by atoms with Gasteiger partial charge in [0.25, 0.3) is 0 Å². The predicted molar refractivity (Wildman–Crippen MR) is 88.7 cm³/mol. The van der Waals surface area contributed by atoms with Crippen LogP contribution in [0.1, 0.15) is 44.7 Å². The van der Waals surface area contributed by atoms with Crippen molar-refractivity contribution in [3.05, 3.63) is 29.3 Å². The molecule has 2 aliphatic heterocycles. The van der Waals surface area contributed by atoms with E-state index in [4.69, 9.17) is 4.74 Å². The van der Waals surface area contributed by atoms with Crippen LogP contribution in [0.2, 0.25) is 0 Å². The van der Waals surface area contributed by atoms with Gasteiger partial charge in [-0.2, -0.15) is 0 Å². The number of fused-ring (bicyclic) bond motifs is 2. The number of anilines is 1. The Bertz CT molecular complexity index is 655. The summed E-state index contributed by atoms with van der Waals surface area (Å²) >= 11 is 0. The van der Waals surface area contributed by atoms with E-state index in [1.807, 2.05) is 45.9 Å². The van der Waals surface area contributed by atoms with Gasteiger partial charge in [0.1, 0.15) is 5.60 Å². The molecule has 0 radical (unpaired) electrons. The van der Waals surface area contributed by atoms with Crippen molar-refractivity contribution >= 4 is 17.7 Å². The molecule has 2 aliphatic rings. The van der Waals surface area contributed by atoms with Crippen molar-refractivity contribution in [2.75, 3.05) is 18.0 Å². The molecule has 1 fully saturated rings. The summed E-state index contributed by atoms with van der Waals surface area (Å²) in [6.45, 7) is 8.99. The zero-order valence-electron chi connectivity index (χ0n) is 14.2. The lowest BCUT2D eigenvalue weighted by Gasteiger charge is -2.33. The molecular formula is C18H24N2O3. The number of carbonyl (C=O) groups excluding carboxylic acids is 2. The van der Waals surface area contributed by atoms with Gasteiger partial charge in [-0.1, -0.05) is 17.7 Å². The van der Waals surface area contributed by atoms with E-state index in [2.05, 4.69) is 5.32 Å². The molecule has 1 saturated heterocycles. The number of nitrogens with zero attached hydrogens (tertiary/aromatic N) is 1. The van der Waals surface area contributed by atoms with Gasteiger partial charge in [-0.25, -0.2) is 9.69 Å². The molecule has 0 bridgehead atoms. The van der Waals surface area contributed by atoms with Gasteiger partial charge in [0, 0.05) is 0 Å². The molecular weight excluding hydrogens is 292 g/mol. The summed E-state index contributed by atoms with van der Waals surface area (Å²) in [6.07, 6.45) is 0.839. The van der Waals surface area contributed by atoms with Gasteiger partial charge in [-0.3, -0.25) is 4.79 Å². The molecule has 23 heavy (non-hydrogen) atoms. The van der Waals surface area contributed by atoms with E-state index in [1.165, 1.54) is 4.90 Å². The Morgan fingerprint density at radius 2 is 1.91 bits per heavy atom. The molecule has 1 aromatic carbocycles. The van der Waals surface area contributed by atoms with E-state index in [-0.39, 0.29) is 5.91 Å². The minimum atomic E-state index is -0.633. The zero-order chi connectivity index (χ0) is 16.8. The van der Waals surface area contributed by atoms with E-state index in [1.54, 1.807) is 0 Å². The minimum absolute atomic E-state index is 0.145. The Morgan fingerprint density at radius 3 is 2.52 bits per heavy atom. The number of aryl methyl sites for hydroxylation is 1. The van der Waals surface area contributed by atoms with Crippen molar-refractivity contribution in [3.63, 3.8) is 0 Å². The molecule has 3 rings (SSSR count). The Balaban J connectivity index is 2.06. The van der Waals surface area contributed by atoms with Gasteiger partial charge in [0.05, 0.1) is 11.1 Å². The number of carbonyl (C=O) groups is 2. The first-order valence-corrected chi connectivity index (χ1v) is 8.14. The van der Waals surface area contributed by atoms with Crippen molar-refractivity contribution in [1.82, 2.24) is 5.32 Å². The number of hydrogen-bond donors (Lipinski definition) is 1. The lowest BCUT2D eigenvalue weighted by Crippen LogP contribution is -2.49. The van der Waals surface area contributed by atoms with E-state index >= 15 is 0 Å². The van der Waals surface area contributed by atoms with Gasteiger partial charge in [0.2, 0.25) is 5.91 Å². The first-order valence-electron chi connectivity index (χ1n) is 8.14. The summed E-state index contributed by atoms with van der Waals surface area (Å²) in [6, 6.07) is 5.84. The molecule has 0 saturated carbocycles. The van der Waals surface area contributed by atoms with Crippen molar-refractivity contribution < 1.29 is 14.3 Å². The van der Waals surface area contributed by atoms with Crippen molar-refractivity contribution in [3.8, 4) is 0 Å². The topological polar surface area (TPSA) is 58.6 Å². The summed E-state index contributed by atoms with van der Waals surface area (Å²) in [5.41, 5.74) is 1.52. The fraction of sp³-hybridized carbons (Fsp3) is 0.556. The molecule has 0 aromatic heterocycles. The molecule has 5 nitrogen and oxygen atoms in total. The van der Waals surface area contributed by atoms with Gasteiger partial charge >= 0.3 is 6.09 Å². The SMILES string of the molecule is Cc1ccc2c(c1)C1(CCNCC1)C(=O)N2C(=O)OC(C)(C)C. The van der Waals surface area contributed by atoms with Crippen LogP contribution in [0, 0.1) is 6.92 Å². The van der Waals surface area contributed by atoms with Crippen LogP contribution in [0.15, 0.2) is 18.2 Å². The average molecular weight is 316 g/mol. The molecule has 1 spiro atoms. The Labute approximate surface area is 137 Å². The van der Waals surface area contributed by atoms with Gasteiger partial charge in [-0.05, 0) is 65.3 Å². The second kappa shape index (κ2) is 5.34. The molecule has 2 heterocycles. The van der Waals surface area contributed by atoms with Crippen LogP contribution in [-0.4, -0.2) is 30.7 Å². The molecule has 124 valence electrons. The fourth-order valence-corrected chi connectivity index (χ4v) is 3.49. The Kier molecular flexibility index (Phi) is 3.71. The van der Waals surface area contributed by atoms with Gasteiger partial charge < -0.3 is 10.1 Å². The van der Waals surface area contributed by atoms with Crippen LogP contribution in [0.25, 0.3) is 0 Å². The van der Waals surface area contributed by atoms with E-state index in [0.29, 0.717) is 18.5 Å². The molecule has 1 N–H and O–H groups in total. The number of hydrogen-bond acceptors (Lipinski definition) is 4. The number of ether oxygens (including phenoxy) is 1. The fourth-order valence-electron chi connectivity index (χ4n) is 3.49. The lowest BCUT2D eigenvalue weighted by molar-refractivity contribution is -0.123. The molecule has 5 heteroatoms. The van der Waals surface area contributed by atoms with Gasteiger partial charge in [0.15, 0.2) is 0 Å². The van der Waals surface area contributed by atoms with E-state index < -0.39 is 17.1 Å². The molecule has 2 amide bonds. The van der Waals surface area contributed by atoms with Crippen LogP contribution >= 0.6 is 0 Å². The summed E-state index contributed by atoms with van der Waals surface area (Å²) in [5.74, 6) is -0.145. The highest BCUT2D eigenvalue weighted by Crippen LogP contribution is 2.47. The number of imide groups is 1. The van der Waals surface area contributed by atoms with Crippen LogP contribution in [-0.2, 0) is 14.9 Å². The average Bonchev–Trinajstić information content (AvgIpc) is 2.68. The largest absolute Gasteiger partial charge is 0.443 e. The summed E-state index contributed by atoms with van der Waals surface area (Å²) in [7, 11) is 0.